The summed E-state index contributed by atoms with van der Waals surface area (Å²) in [6.45, 7) is 0.583. The Balaban J connectivity index is 2.41. The SMILES string of the molecule is COCc1ccc2sc(C(=O)OC)cc2c1. The number of carbonyl (C=O) groups excluding carboxylic acids is 1. The summed E-state index contributed by atoms with van der Waals surface area (Å²) in [5.74, 6) is -0.283. The minimum absolute atomic E-state index is 0.283. The van der Waals surface area contributed by atoms with E-state index in [4.69, 9.17) is 9.47 Å². The first-order chi connectivity index (χ1) is 7.74. The second-order valence-electron chi connectivity index (χ2n) is 3.41. The fraction of sp³-hybridized carbons (Fsp3) is 0.250. The number of rotatable bonds is 3. The topological polar surface area (TPSA) is 35.5 Å². The molecule has 3 nitrogen and oxygen atoms in total. The average molecular weight is 236 g/mol. The Hall–Kier alpha value is -1.39. The van der Waals surface area contributed by atoms with E-state index < -0.39 is 0 Å². The monoisotopic (exact) mass is 236 g/mol. The van der Waals surface area contributed by atoms with Crippen molar-refractivity contribution >= 4 is 27.4 Å². The lowest BCUT2D eigenvalue weighted by Gasteiger charge is -1.98. The summed E-state index contributed by atoms with van der Waals surface area (Å²) in [6.07, 6.45) is 0. The van der Waals surface area contributed by atoms with E-state index in [0.29, 0.717) is 11.5 Å². The molecule has 0 saturated heterocycles. The number of thiophene rings is 1. The van der Waals surface area contributed by atoms with Crippen LogP contribution in [0.3, 0.4) is 0 Å². The molecule has 16 heavy (non-hydrogen) atoms. The van der Waals surface area contributed by atoms with Crippen LogP contribution in [0.25, 0.3) is 10.1 Å². The maximum Gasteiger partial charge on any atom is 0.348 e. The molecule has 0 aliphatic carbocycles. The van der Waals surface area contributed by atoms with Crippen molar-refractivity contribution in [2.45, 2.75) is 6.61 Å². The Labute approximate surface area is 97.6 Å². The molecule has 0 amide bonds. The molecule has 1 aromatic heterocycles. The zero-order valence-electron chi connectivity index (χ0n) is 9.15. The molecule has 0 spiro atoms. The smallest absolute Gasteiger partial charge is 0.348 e. The lowest BCUT2D eigenvalue weighted by atomic mass is 10.2. The third-order valence-corrected chi connectivity index (χ3v) is 3.37. The van der Waals surface area contributed by atoms with Crippen LogP contribution in [-0.2, 0) is 16.1 Å². The molecule has 0 radical (unpaired) electrons. The van der Waals surface area contributed by atoms with Gasteiger partial charge in [0.2, 0.25) is 0 Å². The summed E-state index contributed by atoms with van der Waals surface area (Å²) in [6, 6.07) is 7.89. The molecule has 2 aromatic rings. The number of methoxy groups -OCH3 is 2. The minimum atomic E-state index is -0.283. The summed E-state index contributed by atoms with van der Waals surface area (Å²) in [5, 5.41) is 1.06. The van der Waals surface area contributed by atoms with E-state index in [2.05, 4.69) is 0 Å². The van der Waals surface area contributed by atoms with Gasteiger partial charge in [0.05, 0.1) is 13.7 Å². The van der Waals surface area contributed by atoms with Crippen molar-refractivity contribution in [3.05, 3.63) is 34.7 Å². The highest BCUT2D eigenvalue weighted by Crippen LogP contribution is 2.27. The molecule has 0 unspecified atom stereocenters. The Kier molecular flexibility index (Phi) is 3.22. The van der Waals surface area contributed by atoms with Gasteiger partial charge in [0.25, 0.3) is 0 Å². The largest absolute Gasteiger partial charge is 0.465 e. The van der Waals surface area contributed by atoms with E-state index in [0.717, 1.165) is 15.6 Å². The number of hydrogen-bond acceptors (Lipinski definition) is 4. The fourth-order valence-corrected chi connectivity index (χ4v) is 2.51. The fourth-order valence-electron chi connectivity index (χ4n) is 1.55. The van der Waals surface area contributed by atoms with Crippen molar-refractivity contribution in [1.29, 1.82) is 0 Å². The summed E-state index contributed by atoms with van der Waals surface area (Å²) in [5.41, 5.74) is 1.10. The van der Waals surface area contributed by atoms with Gasteiger partial charge in [0, 0.05) is 11.8 Å². The van der Waals surface area contributed by atoms with Crippen LogP contribution in [0.1, 0.15) is 15.2 Å². The van der Waals surface area contributed by atoms with Crippen LogP contribution in [0.15, 0.2) is 24.3 Å². The second kappa shape index (κ2) is 4.63. The van der Waals surface area contributed by atoms with Gasteiger partial charge in [0.15, 0.2) is 0 Å². The summed E-state index contributed by atoms with van der Waals surface area (Å²) < 4.78 is 10.8. The summed E-state index contributed by atoms with van der Waals surface area (Å²) >= 11 is 1.44. The predicted molar refractivity (Wildman–Crippen MR) is 63.9 cm³/mol. The molecular weight excluding hydrogens is 224 g/mol. The van der Waals surface area contributed by atoms with Crippen LogP contribution in [-0.4, -0.2) is 20.2 Å². The average Bonchev–Trinajstić information content (AvgIpc) is 2.71. The quantitative estimate of drug-likeness (QED) is 0.769. The van der Waals surface area contributed by atoms with Crippen molar-refractivity contribution in [3.8, 4) is 0 Å². The second-order valence-corrected chi connectivity index (χ2v) is 4.49. The van der Waals surface area contributed by atoms with E-state index in [1.165, 1.54) is 18.4 Å². The summed E-state index contributed by atoms with van der Waals surface area (Å²) in [4.78, 5) is 12.0. The van der Waals surface area contributed by atoms with Crippen molar-refractivity contribution in [3.63, 3.8) is 0 Å². The molecule has 0 N–H and O–H groups in total. The zero-order chi connectivity index (χ0) is 11.5. The highest BCUT2D eigenvalue weighted by Gasteiger charge is 2.10. The van der Waals surface area contributed by atoms with Gasteiger partial charge < -0.3 is 9.47 Å². The first kappa shape index (κ1) is 11.1. The van der Waals surface area contributed by atoms with Crippen molar-refractivity contribution in [1.82, 2.24) is 0 Å². The van der Waals surface area contributed by atoms with Crippen molar-refractivity contribution in [2.24, 2.45) is 0 Å². The van der Waals surface area contributed by atoms with Gasteiger partial charge >= 0.3 is 5.97 Å². The van der Waals surface area contributed by atoms with Gasteiger partial charge in [-0.2, -0.15) is 0 Å². The first-order valence-corrected chi connectivity index (χ1v) is 5.66. The van der Waals surface area contributed by atoms with Crippen molar-refractivity contribution < 1.29 is 14.3 Å². The minimum Gasteiger partial charge on any atom is -0.465 e. The third-order valence-electron chi connectivity index (χ3n) is 2.28. The number of carbonyl (C=O) groups is 1. The lowest BCUT2D eigenvalue weighted by Crippen LogP contribution is -1.96. The number of hydrogen-bond donors (Lipinski definition) is 0. The van der Waals surface area contributed by atoms with Gasteiger partial charge in [-0.3, -0.25) is 0 Å². The highest BCUT2D eigenvalue weighted by molar-refractivity contribution is 7.20. The number of ether oxygens (including phenoxy) is 2. The first-order valence-electron chi connectivity index (χ1n) is 4.84. The van der Waals surface area contributed by atoms with Crippen LogP contribution in [0.2, 0.25) is 0 Å². The third kappa shape index (κ3) is 2.08. The maximum atomic E-state index is 11.4. The standard InChI is InChI=1S/C12H12O3S/c1-14-7-8-3-4-10-9(5-8)6-11(16-10)12(13)15-2/h3-6H,7H2,1-2H3. The van der Waals surface area contributed by atoms with Crippen LogP contribution >= 0.6 is 11.3 Å². The predicted octanol–water partition coefficient (Wildman–Crippen LogP) is 2.83. The van der Waals surface area contributed by atoms with Crippen LogP contribution in [0.5, 0.6) is 0 Å². The van der Waals surface area contributed by atoms with E-state index in [-0.39, 0.29) is 5.97 Å². The Bertz CT molecular complexity index is 516. The number of benzene rings is 1. The van der Waals surface area contributed by atoms with E-state index in [9.17, 15) is 4.79 Å². The van der Waals surface area contributed by atoms with Crippen LogP contribution < -0.4 is 0 Å². The molecule has 0 bridgehead atoms. The highest BCUT2D eigenvalue weighted by atomic mass is 32.1. The van der Waals surface area contributed by atoms with Gasteiger partial charge in [0.1, 0.15) is 4.88 Å². The molecule has 0 fully saturated rings. The molecule has 4 heteroatoms. The Morgan fingerprint density at radius 2 is 2.12 bits per heavy atom. The Morgan fingerprint density at radius 3 is 2.81 bits per heavy atom. The molecule has 0 saturated carbocycles. The van der Waals surface area contributed by atoms with Gasteiger partial charge in [-0.05, 0) is 29.1 Å². The number of esters is 1. The van der Waals surface area contributed by atoms with E-state index in [1.807, 2.05) is 24.3 Å². The van der Waals surface area contributed by atoms with E-state index >= 15 is 0 Å². The van der Waals surface area contributed by atoms with Crippen molar-refractivity contribution in [2.75, 3.05) is 14.2 Å². The molecule has 0 atom stereocenters. The molecule has 2 rings (SSSR count). The number of fused-ring (bicyclic) bond motifs is 1. The molecule has 0 aliphatic rings. The molecule has 1 aromatic carbocycles. The van der Waals surface area contributed by atoms with E-state index in [1.54, 1.807) is 7.11 Å². The molecular formula is C12H12O3S. The zero-order valence-corrected chi connectivity index (χ0v) is 9.97. The summed E-state index contributed by atoms with van der Waals surface area (Å²) in [7, 11) is 3.06. The van der Waals surface area contributed by atoms with Crippen LogP contribution in [0, 0.1) is 0 Å². The Morgan fingerprint density at radius 1 is 1.31 bits per heavy atom. The molecule has 0 aliphatic heterocycles. The van der Waals surface area contributed by atoms with Gasteiger partial charge in [-0.25, -0.2) is 4.79 Å². The van der Waals surface area contributed by atoms with Gasteiger partial charge in [-0.1, -0.05) is 6.07 Å². The lowest BCUT2D eigenvalue weighted by molar-refractivity contribution is 0.0606. The molecule has 84 valence electrons. The van der Waals surface area contributed by atoms with Crippen LogP contribution in [0.4, 0.5) is 0 Å². The normalized spacial score (nSPS) is 10.6. The molecule has 1 heterocycles. The van der Waals surface area contributed by atoms with Gasteiger partial charge in [-0.15, -0.1) is 11.3 Å². The maximum absolute atomic E-state index is 11.4.